The van der Waals surface area contributed by atoms with Gasteiger partial charge < -0.3 is 15.7 Å². The van der Waals surface area contributed by atoms with E-state index in [4.69, 9.17) is 5.11 Å². The molecule has 5 nitrogen and oxygen atoms in total. The summed E-state index contributed by atoms with van der Waals surface area (Å²) in [6.45, 7) is 1.18. The van der Waals surface area contributed by atoms with Crippen molar-refractivity contribution in [2.75, 3.05) is 0 Å². The molecule has 0 saturated heterocycles. The number of carboxylic acid groups (broad SMARTS) is 1. The molecule has 3 N–H and O–H groups in total. The summed E-state index contributed by atoms with van der Waals surface area (Å²) in [5.74, 6) is -0.945. The number of hydrogen-bond donors (Lipinski definition) is 3. The van der Waals surface area contributed by atoms with Crippen molar-refractivity contribution in [1.82, 2.24) is 10.6 Å². The van der Waals surface area contributed by atoms with Gasteiger partial charge in [0, 0.05) is 24.7 Å². The molecule has 5 heteroatoms. The minimum atomic E-state index is -0.925. The van der Waals surface area contributed by atoms with Crippen molar-refractivity contribution in [2.45, 2.75) is 32.0 Å². The first-order valence-corrected chi connectivity index (χ1v) is 8.04. The van der Waals surface area contributed by atoms with Crippen molar-refractivity contribution in [2.24, 2.45) is 0 Å². The number of carbonyl (C=O) groups is 2. The fourth-order valence-electron chi connectivity index (χ4n) is 2.48. The quantitative estimate of drug-likeness (QED) is 0.731. The number of nitrogens with one attached hydrogen (secondary N) is 2. The van der Waals surface area contributed by atoms with Gasteiger partial charge in [0.05, 0.1) is 5.56 Å². The third-order valence-electron chi connectivity index (χ3n) is 3.93. The summed E-state index contributed by atoms with van der Waals surface area (Å²) in [4.78, 5) is 23.0. The minimum absolute atomic E-state index is 0.0199. The summed E-state index contributed by atoms with van der Waals surface area (Å²) >= 11 is 0. The molecule has 2 aromatic carbocycles. The predicted octanol–water partition coefficient (Wildman–Crippen LogP) is 2.57. The Kier molecular flexibility index (Phi) is 4.91. The van der Waals surface area contributed by atoms with E-state index >= 15 is 0 Å². The van der Waals surface area contributed by atoms with Gasteiger partial charge in [0.2, 0.25) is 0 Å². The van der Waals surface area contributed by atoms with Crippen molar-refractivity contribution in [3.8, 4) is 0 Å². The second-order valence-electron chi connectivity index (χ2n) is 6.06. The van der Waals surface area contributed by atoms with Gasteiger partial charge in [-0.3, -0.25) is 4.79 Å². The standard InChI is InChI=1S/C19H20N2O3/c22-18(21-17-7-8-17)15-5-1-3-13(9-15)11-20-12-14-4-2-6-16(10-14)19(23)24/h1-6,9-10,17,20H,7-8,11-12H2,(H,21,22)(H,23,24). The van der Waals surface area contributed by atoms with E-state index in [-0.39, 0.29) is 11.5 Å². The van der Waals surface area contributed by atoms with Crippen LogP contribution in [0.2, 0.25) is 0 Å². The van der Waals surface area contributed by atoms with E-state index < -0.39 is 5.97 Å². The summed E-state index contributed by atoms with van der Waals surface area (Å²) in [6.07, 6.45) is 2.14. The Labute approximate surface area is 140 Å². The fourth-order valence-corrected chi connectivity index (χ4v) is 2.48. The molecule has 0 radical (unpaired) electrons. The molecule has 1 aliphatic carbocycles. The lowest BCUT2D eigenvalue weighted by Crippen LogP contribution is -2.25. The van der Waals surface area contributed by atoms with Crippen LogP contribution in [0.15, 0.2) is 48.5 Å². The third-order valence-corrected chi connectivity index (χ3v) is 3.93. The summed E-state index contributed by atoms with van der Waals surface area (Å²) in [5.41, 5.74) is 2.90. The van der Waals surface area contributed by atoms with Crippen LogP contribution in [0.3, 0.4) is 0 Å². The Morgan fingerprint density at radius 1 is 0.958 bits per heavy atom. The topological polar surface area (TPSA) is 78.4 Å². The summed E-state index contributed by atoms with van der Waals surface area (Å²) in [6, 6.07) is 14.8. The largest absolute Gasteiger partial charge is 0.478 e. The van der Waals surface area contributed by atoms with Crippen molar-refractivity contribution < 1.29 is 14.7 Å². The molecule has 0 spiro atoms. The minimum Gasteiger partial charge on any atom is -0.478 e. The first-order valence-electron chi connectivity index (χ1n) is 8.04. The fraction of sp³-hybridized carbons (Fsp3) is 0.263. The second kappa shape index (κ2) is 7.27. The van der Waals surface area contributed by atoms with Gasteiger partial charge in [-0.1, -0.05) is 24.3 Å². The van der Waals surface area contributed by atoms with Gasteiger partial charge in [-0.05, 0) is 48.2 Å². The summed E-state index contributed by atoms with van der Waals surface area (Å²) < 4.78 is 0. The highest BCUT2D eigenvalue weighted by Crippen LogP contribution is 2.19. The van der Waals surface area contributed by atoms with E-state index in [1.807, 2.05) is 30.3 Å². The van der Waals surface area contributed by atoms with Crippen LogP contribution in [-0.2, 0) is 13.1 Å². The van der Waals surface area contributed by atoms with Gasteiger partial charge in [0.25, 0.3) is 5.91 Å². The maximum Gasteiger partial charge on any atom is 0.335 e. The normalized spacial score (nSPS) is 13.5. The van der Waals surface area contributed by atoms with Gasteiger partial charge in [0.15, 0.2) is 0 Å². The maximum atomic E-state index is 12.1. The Hall–Kier alpha value is -2.66. The summed E-state index contributed by atoms with van der Waals surface area (Å²) in [5, 5.41) is 15.3. The lowest BCUT2D eigenvalue weighted by Gasteiger charge is -2.08. The molecule has 0 atom stereocenters. The molecule has 1 saturated carbocycles. The van der Waals surface area contributed by atoms with Crippen LogP contribution in [0.1, 0.15) is 44.7 Å². The van der Waals surface area contributed by atoms with Crippen LogP contribution in [0.4, 0.5) is 0 Å². The molecule has 0 bridgehead atoms. The average molecular weight is 324 g/mol. The summed E-state index contributed by atoms with van der Waals surface area (Å²) in [7, 11) is 0. The first-order chi connectivity index (χ1) is 11.6. The van der Waals surface area contributed by atoms with Crippen LogP contribution in [0.5, 0.6) is 0 Å². The van der Waals surface area contributed by atoms with Crippen molar-refractivity contribution >= 4 is 11.9 Å². The molecule has 24 heavy (non-hydrogen) atoms. The Morgan fingerprint density at radius 3 is 2.12 bits per heavy atom. The zero-order chi connectivity index (χ0) is 16.9. The monoisotopic (exact) mass is 324 g/mol. The van der Waals surface area contributed by atoms with Crippen molar-refractivity contribution in [3.05, 3.63) is 70.8 Å². The van der Waals surface area contributed by atoms with E-state index in [9.17, 15) is 9.59 Å². The molecule has 0 aliphatic heterocycles. The van der Waals surface area contributed by atoms with Crippen LogP contribution in [0.25, 0.3) is 0 Å². The van der Waals surface area contributed by atoms with E-state index in [1.54, 1.807) is 18.2 Å². The van der Waals surface area contributed by atoms with Crippen LogP contribution in [-0.4, -0.2) is 23.0 Å². The zero-order valence-corrected chi connectivity index (χ0v) is 13.3. The van der Waals surface area contributed by atoms with Crippen LogP contribution < -0.4 is 10.6 Å². The Morgan fingerprint density at radius 2 is 1.54 bits per heavy atom. The number of benzene rings is 2. The van der Waals surface area contributed by atoms with E-state index in [0.29, 0.717) is 24.7 Å². The molecule has 0 heterocycles. The lowest BCUT2D eigenvalue weighted by molar-refractivity contribution is 0.0696. The van der Waals surface area contributed by atoms with E-state index in [1.165, 1.54) is 0 Å². The van der Waals surface area contributed by atoms with Gasteiger partial charge in [0.1, 0.15) is 0 Å². The third kappa shape index (κ3) is 4.43. The molecule has 1 amide bonds. The lowest BCUT2D eigenvalue weighted by atomic mass is 10.1. The van der Waals surface area contributed by atoms with Gasteiger partial charge in [-0.2, -0.15) is 0 Å². The second-order valence-corrected chi connectivity index (χ2v) is 6.06. The highest BCUT2D eigenvalue weighted by atomic mass is 16.4. The molecule has 124 valence electrons. The van der Waals surface area contributed by atoms with Gasteiger partial charge >= 0.3 is 5.97 Å². The Bertz CT molecular complexity index is 754. The highest BCUT2D eigenvalue weighted by Gasteiger charge is 2.23. The first kappa shape index (κ1) is 16.2. The number of carbonyl (C=O) groups excluding carboxylic acids is 1. The van der Waals surface area contributed by atoms with Crippen molar-refractivity contribution in [3.63, 3.8) is 0 Å². The zero-order valence-electron chi connectivity index (χ0n) is 13.3. The van der Waals surface area contributed by atoms with E-state index in [0.717, 1.165) is 24.0 Å². The number of amides is 1. The van der Waals surface area contributed by atoms with Gasteiger partial charge in [-0.25, -0.2) is 4.79 Å². The average Bonchev–Trinajstić information content (AvgIpc) is 3.39. The SMILES string of the molecule is O=C(O)c1cccc(CNCc2cccc(C(=O)NC3CC3)c2)c1. The molecule has 1 aliphatic rings. The van der Waals surface area contributed by atoms with Crippen LogP contribution in [0, 0.1) is 0 Å². The predicted molar refractivity (Wildman–Crippen MR) is 90.9 cm³/mol. The van der Waals surface area contributed by atoms with Gasteiger partial charge in [-0.15, -0.1) is 0 Å². The number of aromatic carboxylic acids is 1. The highest BCUT2D eigenvalue weighted by molar-refractivity contribution is 5.94. The van der Waals surface area contributed by atoms with Crippen LogP contribution >= 0.6 is 0 Å². The molecule has 0 aromatic heterocycles. The molecular formula is C19H20N2O3. The molecule has 2 aromatic rings. The molecular weight excluding hydrogens is 304 g/mol. The van der Waals surface area contributed by atoms with E-state index in [2.05, 4.69) is 10.6 Å². The number of hydrogen-bond acceptors (Lipinski definition) is 3. The molecule has 1 fully saturated rings. The molecule has 0 unspecified atom stereocenters. The molecule has 3 rings (SSSR count). The Balaban J connectivity index is 1.55. The van der Waals surface area contributed by atoms with Crippen molar-refractivity contribution in [1.29, 1.82) is 0 Å². The number of carboxylic acids is 1. The number of rotatable bonds is 7. The maximum absolute atomic E-state index is 12.1. The smallest absolute Gasteiger partial charge is 0.335 e.